The number of ether oxygens (including phenoxy) is 1. The normalized spacial score (nSPS) is 22.3. The van der Waals surface area contributed by atoms with Gasteiger partial charge in [0, 0.05) is 30.7 Å². The van der Waals surface area contributed by atoms with E-state index in [2.05, 4.69) is 5.32 Å². The summed E-state index contributed by atoms with van der Waals surface area (Å²) in [5.41, 5.74) is 0.0526. The van der Waals surface area contributed by atoms with Crippen molar-refractivity contribution in [2.45, 2.75) is 26.1 Å². The van der Waals surface area contributed by atoms with E-state index in [0.717, 1.165) is 0 Å². The van der Waals surface area contributed by atoms with Crippen molar-refractivity contribution in [3.05, 3.63) is 33.3 Å². The molecule has 1 N–H and O–H groups in total. The maximum atomic E-state index is 12.4. The largest absolute Gasteiger partial charge is 0.378 e. The number of rotatable bonds is 6. The molecule has 0 radical (unpaired) electrons. The molecule has 2 atom stereocenters. The van der Waals surface area contributed by atoms with Crippen LogP contribution < -0.4 is 5.32 Å². The van der Waals surface area contributed by atoms with Gasteiger partial charge >= 0.3 is 0 Å². The van der Waals surface area contributed by atoms with E-state index in [9.17, 15) is 18.5 Å². The quantitative estimate of drug-likeness (QED) is 0.601. The van der Waals surface area contributed by atoms with Crippen LogP contribution >= 0.6 is 11.6 Å². The van der Waals surface area contributed by atoms with Gasteiger partial charge in [-0.15, -0.1) is 0 Å². The molecule has 1 aliphatic rings. The Morgan fingerprint density at radius 2 is 2.00 bits per heavy atom. The second-order valence-corrected chi connectivity index (χ2v) is 8.26. The molecule has 0 aromatic heterocycles. The predicted octanol–water partition coefficient (Wildman–Crippen LogP) is 2.10. The summed E-state index contributed by atoms with van der Waals surface area (Å²) in [7, 11) is -3.47. The first-order chi connectivity index (χ1) is 11.2. The van der Waals surface area contributed by atoms with Gasteiger partial charge in [-0.2, -0.15) is 4.31 Å². The van der Waals surface area contributed by atoms with Crippen LogP contribution in [0.15, 0.2) is 18.2 Å². The van der Waals surface area contributed by atoms with E-state index >= 15 is 0 Å². The molecule has 1 aromatic rings. The summed E-state index contributed by atoms with van der Waals surface area (Å²) >= 11 is 5.75. The smallest absolute Gasteiger partial charge is 0.293 e. The first kappa shape index (κ1) is 18.9. The van der Waals surface area contributed by atoms with Gasteiger partial charge in [0.05, 0.1) is 22.9 Å². The molecule has 1 saturated heterocycles. The number of nitrogens with one attached hydrogen (secondary N) is 1. The second kappa shape index (κ2) is 7.64. The summed E-state index contributed by atoms with van der Waals surface area (Å²) in [6.45, 7) is 4.34. The molecule has 2 rings (SSSR count). The number of morpholine rings is 1. The van der Waals surface area contributed by atoms with Crippen molar-refractivity contribution in [2.24, 2.45) is 0 Å². The topological polar surface area (TPSA) is 102 Å². The van der Waals surface area contributed by atoms with Crippen molar-refractivity contribution in [1.82, 2.24) is 4.31 Å². The number of nitro benzene ring substituents is 1. The van der Waals surface area contributed by atoms with Gasteiger partial charge < -0.3 is 10.1 Å². The summed E-state index contributed by atoms with van der Waals surface area (Å²) in [5, 5.41) is 14.1. The summed E-state index contributed by atoms with van der Waals surface area (Å²) in [6, 6.07) is 4.20. The average Bonchev–Trinajstić information content (AvgIpc) is 2.47. The molecule has 1 aliphatic heterocycles. The summed E-state index contributed by atoms with van der Waals surface area (Å²) in [6.07, 6.45) is -0.317. The third-order valence-electron chi connectivity index (χ3n) is 3.61. The van der Waals surface area contributed by atoms with Gasteiger partial charge in [-0.3, -0.25) is 10.1 Å². The molecule has 0 saturated carbocycles. The zero-order valence-electron chi connectivity index (χ0n) is 13.4. The third kappa shape index (κ3) is 4.79. The van der Waals surface area contributed by atoms with E-state index in [4.69, 9.17) is 16.3 Å². The van der Waals surface area contributed by atoms with Gasteiger partial charge in [0.15, 0.2) is 0 Å². The van der Waals surface area contributed by atoms with Crippen LogP contribution in [0.4, 0.5) is 11.4 Å². The Bertz CT molecular complexity index is 702. The Morgan fingerprint density at radius 1 is 1.38 bits per heavy atom. The Morgan fingerprint density at radius 3 is 2.58 bits per heavy atom. The van der Waals surface area contributed by atoms with Crippen LogP contribution in [0.3, 0.4) is 0 Å². The highest BCUT2D eigenvalue weighted by Gasteiger charge is 2.30. The van der Waals surface area contributed by atoms with Crippen LogP contribution in [-0.4, -0.2) is 55.2 Å². The van der Waals surface area contributed by atoms with Crippen molar-refractivity contribution in [2.75, 3.05) is 30.7 Å². The standard InChI is InChI=1S/C14H20ClN3O5S/c1-10-8-17(9-11(2)23-10)24(21,22)6-5-16-13-4-3-12(15)7-14(13)18(19)20/h3-4,7,10-11,16H,5-6,8-9H2,1-2H3/t10-,11-/m0/s1. The van der Waals surface area contributed by atoms with Gasteiger partial charge in [0.1, 0.15) is 5.69 Å². The molecule has 1 heterocycles. The van der Waals surface area contributed by atoms with Crippen molar-refractivity contribution >= 4 is 33.0 Å². The number of halogens is 1. The fourth-order valence-electron chi connectivity index (χ4n) is 2.61. The highest BCUT2D eigenvalue weighted by Crippen LogP contribution is 2.27. The summed E-state index contributed by atoms with van der Waals surface area (Å²) in [5.74, 6) is -0.160. The lowest BCUT2D eigenvalue weighted by atomic mass is 10.2. The van der Waals surface area contributed by atoms with Crippen molar-refractivity contribution in [3.63, 3.8) is 0 Å². The summed E-state index contributed by atoms with van der Waals surface area (Å²) < 4.78 is 31.8. The molecule has 0 bridgehead atoms. The monoisotopic (exact) mass is 377 g/mol. The molecule has 10 heteroatoms. The first-order valence-electron chi connectivity index (χ1n) is 7.50. The highest BCUT2D eigenvalue weighted by molar-refractivity contribution is 7.89. The zero-order valence-corrected chi connectivity index (χ0v) is 15.0. The zero-order chi connectivity index (χ0) is 17.9. The molecule has 8 nitrogen and oxygen atoms in total. The molecule has 1 aromatic carbocycles. The number of sulfonamides is 1. The molecular weight excluding hydrogens is 358 g/mol. The van der Waals surface area contributed by atoms with E-state index in [1.165, 1.54) is 22.5 Å². The fraction of sp³-hybridized carbons (Fsp3) is 0.571. The van der Waals surface area contributed by atoms with Crippen LogP contribution in [0.1, 0.15) is 13.8 Å². The first-order valence-corrected chi connectivity index (χ1v) is 9.49. The SMILES string of the molecule is C[C@H]1CN(S(=O)(=O)CCNc2ccc(Cl)cc2[N+](=O)[O-])C[C@H](C)O1. The number of benzene rings is 1. The van der Waals surface area contributed by atoms with E-state index in [0.29, 0.717) is 13.1 Å². The third-order valence-corrected chi connectivity index (χ3v) is 5.65. The number of anilines is 1. The molecular formula is C14H20ClN3O5S. The second-order valence-electron chi connectivity index (χ2n) is 5.74. The Kier molecular flexibility index (Phi) is 6.02. The van der Waals surface area contributed by atoms with Crippen LogP contribution in [0.5, 0.6) is 0 Å². The molecule has 0 unspecified atom stereocenters. The van der Waals surface area contributed by atoms with Gasteiger partial charge in [-0.25, -0.2) is 8.42 Å². The maximum absolute atomic E-state index is 12.4. The minimum atomic E-state index is -3.47. The molecule has 0 amide bonds. The average molecular weight is 378 g/mol. The van der Waals surface area contributed by atoms with E-state index in [1.807, 2.05) is 13.8 Å². The van der Waals surface area contributed by atoms with Crippen LogP contribution in [0, 0.1) is 10.1 Å². The molecule has 0 spiro atoms. The Labute approximate surface area is 145 Å². The minimum Gasteiger partial charge on any atom is -0.378 e. The Hall–Kier alpha value is -1.42. The van der Waals surface area contributed by atoms with Crippen molar-refractivity contribution < 1.29 is 18.1 Å². The Balaban J connectivity index is 2.00. The van der Waals surface area contributed by atoms with E-state index in [1.54, 1.807) is 0 Å². The molecule has 0 aliphatic carbocycles. The minimum absolute atomic E-state index is 0.0604. The van der Waals surface area contributed by atoms with Gasteiger partial charge in [-0.05, 0) is 26.0 Å². The predicted molar refractivity (Wildman–Crippen MR) is 92.0 cm³/mol. The van der Waals surface area contributed by atoms with Gasteiger partial charge in [0.25, 0.3) is 5.69 Å². The lowest BCUT2D eigenvalue weighted by molar-refractivity contribution is -0.383. The lowest BCUT2D eigenvalue weighted by Gasteiger charge is -2.34. The highest BCUT2D eigenvalue weighted by atomic mass is 35.5. The molecule has 134 valence electrons. The maximum Gasteiger partial charge on any atom is 0.293 e. The van der Waals surface area contributed by atoms with Crippen molar-refractivity contribution in [3.8, 4) is 0 Å². The number of nitro groups is 1. The number of hydrogen-bond donors (Lipinski definition) is 1. The summed E-state index contributed by atoms with van der Waals surface area (Å²) in [4.78, 5) is 10.5. The van der Waals surface area contributed by atoms with E-state index < -0.39 is 14.9 Å². The van der Waals surface area contributed by atoms with Crippen molar-refractivity contribution in [1.29, 1.82) is 0 Å². The molecule has 24 heavy (non-hydrogen) atoms. The molecule has 1 fully saturated rings. The lowest BCUT2D eigenvalue weighted by Crippen LogP contribution is -2.49. The number of hydrogen-bond acceptors (Lipinski definition) is 6. The van der Waals surface area contributed by atoms with Gasteiger partial charge in [0.2, 0.25) is 10.0 Å². The van der Waals surface area contributed by atoms with Crippen LogP contribution in [-0.2, 0) is 14.8 Å². The van der Waals surface area contributed by atoms with E-state index in [-0.39, 0.29) is 40.9 Å². The van der Waals surface area contributed by atoms with Crippen LogP contribution in [0.2, 0.25) is 5.02 Å². The van der Waals surface area contributed by atoms with Crippen LogP contribution in [0.25, 0.3) is 0 Å². The number of nitrogens with zero attached hydrogens (tertiary/aromatic N) is 2. The fourth-order valence-corrected chi connectivity index (χ4v) is 4.27. The van der Waals surface area contributed by atoms with Gasteiger partial charge in [-0.1, -0.05) is 11.6 Å².